The van der Waals surface area contributed by atoms with Crippen LogP contribution in [0.3, 0.4) is 0 Å². The zero-order valence-electron chi connectivity index (χ0n) is 37.8. The van der Waals surface area contributed by atoms with E-state index in [2.05, 4.69) is 15.6 Å². The maximum atomic E-state index is 15.2. The topological polar surface area (TPSA) is 179 Å². The lowest BCUT2D eigenvalue weighted by molar-refractivity contribution is -0.132. The van der Waals surface area contributed by atoms with Gasteiger partial charge in [0, 0.05) is 55.1 Å². The Hall–Kier alpha value is -5.83. The van der Waals surface area contributed by atoms with Gasteiger partial charge in [0.15, 0.2) is 23.3 Å². The molecule has 3 N–H and O–H groups in total. The van der Waals surface area contributed by atoms with Crippen LogP contribution in [0.1, 0.15) is 64.1 Å². The molecule has 0 aliphatic carbocycles. The first-order valence-corrected chi connectivity index (χ1v) is 22.6. The van der Waals surface area contributed by atoms with E-state index in [1.165, 1.54) is 34.4 Å². The Morgan fingerprint density at radius 3 is 2.42 bits per heavy atom. The number of pyridine rings is 1. The molecule has 2 fully saturated rings. The fourth-order valence-electron chi connectivity index (χ4n) is 8.18. The predicted octanol–water partition coefficient (Wildman–Crippen LogP) is 4.75. The van der Waals surface area contributed by atoms with E-state index >= 15 is 4.39 Å². The molecule has 3 aliphatic rings. The van der Waals surface area contributed by atoms with Crippen molar-refractivity contribution in [2.24, 2.45) is 0 Å². The number of nitrogens with one attached hydrogen (secondary N) is 2. The molecular formula is C46H55F3N8O8S. The minimum Gasteiger partial charge on any atom is -0.480 e. The summed E-state index contributed by atoms with van der Waals surface area (Å²) in [6.07, 6.45) is -0.308. The highest BCUT2D eigenvalue weighted by Gasteiger charge is 2.44. The molecule has 354 valence electrons. The van der Waals surface area contributed by atoms with Crippen molar-refractivity contribution >= 4 is 46.0 Å². The number of amides is 4. The van der Waals surface area contributed by atoms with Crippen LogP contribution < -0.4 is 25.2 Å². The van der Waals surface area contributed by atoms with Crippen LogP contribution in [0.15, 0.2) is 47.8 Å². The molecule has 20 heteroatoms. The van der Waals surface area contributed by atoms with Crippen molar-refractivity contribution in [2.45, 2.75) is 77.7 Å². The molecule has 2 aromatic carbocycles. The number of aromatic nitrogens is 2. The molecular weight excluding hydrogens is 882 g/mol. The van der Waals surface area contributed by atoms with Crippen LogP contribution in [-0.2, 0) is 42.3 Å². The Bertz CT molecular complexity index is 2440. The number of halogens is 3. The number of fused-ring (bicyclic) bond motifs is 1. The first kappa shape index (κ1) is 48.1. The average molecular weight is 937 g/mol. The summed E-state index contributed by atoms with van der Waals surface area (Å²) in [6, 6.07) is 8.56. The SMILES string of the molecule is C[C@@H]1CN(CC(=O)N2CC(C)(C)c3nc(CO)c(Cc4ccc(F)cc4)cc32)[C@@H](C(=O)NCNC(=O)COc2c(-c3csc(N4CCOCC4)n3)ccc(F)c2F)CN1C(=O)OC(C)(C)C. The van der Waals surface area contributed by atoms with Crippen LogP contribution in [0, 0.1) is 17.5 Å². The number of hydrogen-bond donors (Lipinski definition) is 3. The van der Waals surface area contributed by atoms with Crippen molar-refractivity contribution in [3.8, 4) is 17.0 Å². The van der Waals surface area contributed by atoms with Gasteiger partial charge in [-0.1, -0.05) is 26.0 Å². The summed E-state index contributed by atoms with van der Waals surface area (Å²) in [4.78, 5) is 71.0. The lowest BCUT2D eigenvalue weighted by Crippen LogP contribution is -2.65. The summed E-state index contributed by atoms with van der Waals surface area (Å²) >= 11 is 1.33. The summed E-state index contributed by atoms with van der Waals surface area (Å²) in [5.74, 6) is -5.05. The number of piperazine rings is 1. The fourth-order valence-corrected chi connectivity index (χ4v) is 9.06. The van der Waals surface area contributed by atoms with E-state index in [1.807, 2.05) is 24.8 Å². The van der Waals surface area contributed by atoms with Gasteiger partial charge in [0.25, 0.3) is 5.91 Å². The van der Waals surface area contributed by atoms with E-state index in [0.717, 1.165) is 11.6 Å². The number of thiazole rings is 1. The molecule has 4 aromatic rings. The molecule has 0 spiro atoms. The third-order valence-corrected chi connectivity index (χ3v) is 12.4. The highest BCUT2D eigenvalue weighted by atomic mass is 32.1. The molecule has 4 amide bonds. The number of rotatable bonds is 13. The van der Waals surface area contributed by atoms with Gasteiger partial charge >= 0.3 is 6.09 Å². The van der Waals surface area contributed by atoms with Gasteiger partial charge in [0.05, 0.1) is 55.8 Å². The summed E-state index contributed by atoms with van der Waals surface area (Å²) in [5.41, 5.74) is 2.15. The number of nitrogens with zero attached hydrogens (tertiary/aromatic N) is 6. The number of anilines is 2. The minimum atomic E-state index is -1.29. The highest BCUT2D eigenvalue weighted by Crippen LogP contribution is 2.41. The number of carbonyl (C=O) groups excluding carboxylic acids is 4. The number of aliphatic hydroxyl groups is 1. The van der Waals surface area contributed by atoms with E-state index in [-0.39, 0.29) is 50.1 Å². The lowest BCUT2D eigenvalue weighted by Gasteiger charge is -2.44. The standard InChI is InChI=1S/C46H55F3N8O8S/c1-27-19-55(21-38(60)57-25-46(5,6)41-35(57)18-29(33(22-58)52-41)17-28-7-9-30(47)10-8-28)36(20-56(27)44(62)65-45(2,3)4)42(61)51-26-50-37(59)23-64-40-31(11-12-32(48)39(40)49)34-24-66-43(53-34)54-13-15-63-16-14-54/h7-12,18,24,27,36,58H,13-17,19-23,25-26H2,1-6H3,(H,50,59)(H,51,61)/t27-,36-/m1/s1. The zero-order valence-corrected chi connectivity index (χ0v) is 38.6. The molecule has 0 unspecified atom stereocenters. The molecule has 7 rings (SSSR count). The zero-order chi connectivity index (χ0) is 47.5. The highest BCUT2D eigenvalue weighted by molar-refractivity contribution is 7.14. The maximum Gasteiger partial charge on any atom is 0.410 e. The molecule has 0 saturated carbocycles. The third-order valence-electron chi connectivity index (χ3n) is 11.5. The molecule has 2 atom stereocenters. The summed E-state index contributed by atoms with van der Waals surface area (Å²) in [5, 5.41) is 17.8. The number of hydrogen-bond acceptors (Lipinski definition) is 13. The van der Waals surface area contributed by atoms with Crippen LogP contribution in [0.2, 0.25) is 0 Å². The quantitative estimate of drug-likeness (QED) is 0.157. The van der Waals surface area contributed by atoms with Crippen molar-refractivity contribution in [3.63, 3.8) is 0 Å². The minimum absolute atomic E-state index is 0.110. The Morgan fingerprint density at radius 1 is 1.00 bits per heavy atom. The molecule has 5 heterocycles. The largest absolute Gasteiger partial charge is 0.480 e. The second kappa shape index (κ2) is 20.0. The molecule has 0 radical (unpaired) electrons. The first-order chi connectivity index (χ1) is 31.3. The van der Waals surface area contributed by atoms with Gasteiger partial charge in [0.2, 0.25) is 17.6 Å². The van der Waals surface area contributed by atoms with E-state index in [0.29, 0.717) is 66.2 Å². The van der Waals surface area contributed by atoms with Gasteiger partial charge in [0.1, 0.15) is 17.5 Å². The van der Waals surface area contributed by atoms with E-state index in [1.54, 1.807) is 55.0 Å². The molecule has 2 saturated heterocycles. The van der Waals surface area contributed by atoms with E-state index in [4.69, 9.17) is 19.2 Å². The number of aliphatic hydroxyl groups excluding tert-OH is 1. The van der Waals surface area contributed by atoms with E-state index in [9.17, 15) is 33.1 Å². The van der Waals surface area contributed by atoms with Crippen molar-refractivity contribution in [3.05, 3.63) is 87.8 Å². The summed E-state index contributed by atoms with van der Waals surface area (Å²) in [6.45, 7) is 11.7. The Labute approximate surface area is 385 Å². The Balaban J connectivity index is 1.04. The lowest BCUT2D eigenvalue weighted by atomic mass is 9.90. The Kier molecular flexibility index (Phi) is 14.5. The van der Waals surface area contributed by atoms with Gasteiger partial charge in [-0.25, -0.2) is 18.6 Å². The van der Waals surface area contributed by atoms with Crippen LogP contribution in [0.25, 0.3) is 11.3 Å². The fraction of sp³-hybridized carbons (Fsp3) is 0.478. The first-order valence-electron chi connectivity index (χ1n) is 21.7. The van der Waals surface area contributed by atoms with Crippen molar-refractivity contribution in [1.82, 2.24) is 30.4 Å². The average Bonchev–Trinajstić information content (AvgIpc) is 3.86. The molecule has 66 heavy (non-hydrogen) atoms. The maximum absolute atomic E-state index is 15.2. The second-order valence-corrected chi connectivity index (χ2v) is 19.0. The third kappa shape index (κ3) is 11.1. The van der Waals surface area contributed by atoms with Gasteiger partial charge in [-0.3, -0.25) is 24.3 Å². The monoisotopic (exact) mass is 936 g/mol. The molecule has 2 aromatic heterocycles. The van der Waals surface area contributed by atoms with Crippen LogP contribution in [-0.4, -0.2) is 132 Å². The summed E-state index contributed by atoms with van der Waals surface area (Å²) < 4.78 is 59.9. The van der Waals surface area contributed by atoms with Gasteiger partial charge in [-0.15, -0.1) is 11.3 Å². The predicted molar refractivity (Wildman–Crippen MR) is 240 cm³/mol. The number of morpholine rings is 1. The van der Waals surface area contributed by atoms with Crippen molar-refractivity contribution in [2.75, 3.05) is 75.6 Å². The van der Waals surface area contributed by atoms with Crippen LogP contribution in [0.4, 0.5) is 28.8 Å². The molecule has 0 bridgehead atoms. The second-order valence-electron chi connectivity index (χ2n) is 18.2. The normalized spacial score (nSPS) is 18.5. The molecule has 16 nitrogen and oxygen atoms in total. The van der Waals surface area contributed by atoms with Gasteiger partial charge in [-0.05, 0) is 75.6 Å². The van der Waals surface area contributed by atoms with Gasteiger partial charge in [-0.2, -0.15) is 4.39 Å². The van der Waals surface area contributed by atoms with E-state index < -0.39 is 71.7 Å². The van der Waals surface area contributed by atoms with Gasteiger partial charge < -0.3 is 44.7 Å². The smallest absolute Gasteiger partial charge is 0.410 e. The van der Waals surface area contributed by atoms with Crippen molar-refractivity contribution in [1.29, 1.82) is 0 Å². The van der Waals surface area contributed by atoms with Crippen molar-refractivity contribution < 1.29 is 51.7 Å². The summed E-state index contributed by atoms with van der Waals surface area (Å²) in [7, 11) is 0. The number of ether oxygens (including phenoxy) is 3. The van der Waals surface area contributed by atoms with Crippen LogP contribution in [0.5, 0.6) is 5.75 Å². The molecule has 3 aliphatic heterocycles. The number of benzene rings is 2. The van der Waals surface area contributed by atoms with Crippen LogP contribution >= 0.6 is 11.3 Å². The Morgan fingerprint density at radius 2 is 1.73 bits per heavy atom. The number of carbonyl (C=O) groups is 4.